The van der Waals surface area contributed by atoms with Gasteiger partial charge in [0, 0.05) is 25.3 Å². The lowest BCUT2D eigenvalue weighted by atomic mass is 10.1. The lowest BCUT2D eigenvalue weighted by Gasteiger charge is -2.11. The second kappa shape index (κ2) is 8.43. The quantitative estimate of drug-likeness (QED) is 0.592. The highest BCUT2D eigenvalue weighted by Gasteiger charge is 2.31. The molecule has 0 saturated heterocycles. The standard InChI is InChI=1S/C20H20F3N3O2/c1-2-28-12-6-11-26-17-10-4-3-9-16(17)24-19(26)25-18(27)14-7-5-8-15(13-14)20(21,22)23/h3-5,7-10,13H,2,6,11-12H2,1H3,(H,24,25,27). The van der Waals surface area contributed by atoms with Crippen LogP contribution < -0.4 is 5.32 Å². The van der Waals surface area contributed by atoms with Crippen LogP contribution in [0.15, 0.2) is 48.5 Å². The molecule has 0 atom stereocenters. The van der Waals surface area contributed by atoms with E-state index in [1.807, 2.05) is 35.8 Å². The van der Waals surface area contributed by atoms with Crippen molar-refractivity contribution in [2.24, 2.45) is 0 Å². The SMILES string of the molecule is CCOCCCn1c(NC(=O)c2cccc(C(F)(F)F)c2)nc2ccccc21. The fourth-order valence-corrected chi connectivity index (χ4v) is 2.88. The number of imidazole rings is 1. The van der Waals surface area contributed by atoms with Crippen molar-refractivity contribution in [3.05, 3.63) is 59.7 Å². The summed E-state index contributed by atoms with van der Waals surface area (Å²) in [4.78, 5) is 17.0. The van der Waals surface area contributed by atoms with Crippen molar-refractivity contribution in [2.75, 3.05) is 18.5 Å². The van der Waals surface area contributed by atoms with E-state index in [0.29, 0.717) is 37.6 Å². The number of para-hydroxylation sites is 2. The molecule has 0 aliphatic heterocycles. The molecule has 0 fully saturated rings. The van der Waals surface area contributed by atoms with Gasteiger partial charge in [0.1, 0.15) is 0 Å². The number of benzene rings is 2. The van der Waals surface area contributed by atoms with Gasteiger partial charge in [-0.1, -0.05) is 18.2 Å². The average Bonchev–Trinajstić information content (AvgIpc) is 3.02. The van der Waals surface area contributed by atoms with E-state index in [2.05, 4.69) is 10.3 Å². The molecule has 0 radical (unpaired) electrons. The van der Waals surface area contributed by atoms with Crippen molar-refractivity contribution in [3.8, 4) is 0 Å². The Hall–Kier alpha value is -2.87. The maximum atomic E-state index is 12.9. The Morgan fingerprint density at radius 1 is 1.18 bits per heavy atom. The molecule has 8 heteroatoms. The van der Waals surface area contributed by atoms with Crippen LogP contribution in [0.3, 0.4) is 0 Å². The van der Waals surface area contributed by atoms with Crippen LogP contribution in [0.5, 0.6) is 0 Å². The van der Waals surface area contributed by atoms with Gasteiger partial charge in [-0.05, 0) is 43.7 Å². The van der Waals surface area contributed by atoms with Gasteiger partial charge in [-0.3, -0.25) is 10.1 Å². The molecule has 0 unspecified atom stereocenters. The minimum absolute atomic E-state index is 0.0808. The molecule has 0 saturated carbocycles. The van der Waals surface area contributed by atoms with Gasteiger partial charge in [0.05, 0.1) is 16.6 Å². The molecule has 0 aliphatic carbocycles. The summed E-state index contributed by atoms with van der Waals surface area (Å²) in [5.41, 5.74) is 0.574. The van der Waals surface area contributed by atoms with Crippen molar-refractivity contribution in [3.63, 3.8) is 0 Å². The van der Waals surface area contributed by atoms with Crippen LogP contribution in [0.2, 0.25) is 0 Å². The highest BCUT2D eigenvalue weighted by Crippen LogP contribution is 2.29. The lowest BCUT2D eigenvalue weighted by molar-refractivity contribution is -0.137. The number of nitrogens with one attached hydrogen (secondary N) is 1. The first-order valence-electron chi connectivity index (χ1n) is 8.91. The van der Waals surface area contributed by atoms with Gasteiger partial charge < -0.3 is 9.30 Å². The molecule has 0 bridgehead atoms. The molecule has 1 amide bonds. The monoisotopic (exact) mass is 391 g/mol. The largest absolute Gasteiger partial charge is 0.416 e. The van der Waals surface area contributed by atoms with E-state index < -0.39 is 17.6 Å². The van der Waals surface area contributed by atoms with Crippen LogP contribution in [0, 0.1) is 0 Å². The summed E-state index contributed by atoms with van der Waals surface area (Å²) in [5.74, 6) is -0.354. The number of amides is 1. The van der Waals surface area contributed by atoms with Crippen LogP contribution >= 0.6 is 0 Å². The predicted molar refractivity (Wildman–Crippen MR) is 100 cm³/mol. The number of ether oxygens (including phenoxy) is 1. The van der Waals surface area contributed by atoms with Gasteiger partial charge >= 0.3 is 6.18 Å². The van der Waals surface area contributed by atoms with Gasteiger partial charge in [-0.15, -0.1) is 0 Å². The van der Waals surface area contributed by atoms with E-state index >= 15 is 0 Å². The van der Waals surface area contributed by atoms with Crippen molar-refractivity contribution in [1.82, 2.24) is 9.55 Å². The summed E-state index contributed by atoms with van der Waals surface area (Å²) < 4.78 is 45.9. The molecule has 28 heavy (non-hydrogen) atoms. The fourth-order valence-electron chi connectivity index (χ4n) is 2.88. The van der Waals surface area contributed by atoms with E-state index in [-0.39, 0.29) is 5.56 Å². The first-order chi connectivity index (χ1) is 13.4. The normalized spacial score (nSPS) is 11.7. The molecule has 3 rings (SSSR count). The zero-order valence-electron chi connectivity index (χ0n) is 15.3. The topological polar surface area (TPSA) is 56.1 Å². The van der Waals surface area contributed by atoms with Gasteiger partial charge in [0.2, 0.25) is 5.95 Å². The average molecular weight is 391 g/mol. The van der Waals surface area contributed by atoms with Crippen molar-refractivity contribution in [2.45, 2.75) is 26.1 Å². The first-order valence-corrected chi connectivity index (χ1v) is 8.91. The number of aryl methyl sites for hydroxylation is 1. The molecule has 0 spiro atoms. The molecule has 1 aromatic heterocycles. The number of rotatable bonds is 7. The summed E-state index contributed by atoms with van der Waals surface area (Å²) >= 11 is 0. The Labute approximate surface area is 160 Å². The van der Waals surface area contributed by atoms with E-state index in [0.717, 1.165) is 17.6 Å². The molecular weight excluding hydrogens is 371 g/mol. The number of anilines is 1. The molecule has 0 aliphatic rings. The number of hydrogen-bond donors (Lipinski definition) is 1. The van der Waals surface area contributed by atoms with E-state index in [1.165, 1.54) is 12.1 Å². The minimum Gasteiger partial charge on any atom is -0.382 e. The first kappa shape index (κ1) is 19.9. The summed E-state index contributed by atoms with van der Waals surface area (Å²) in [6, 6.07) is 11.7. The van der Waals surface area contributed by atoms with Crippen molar-refractivity contribution in [1.29, 1.82) is 0 Å². The number of carbonyl (C=O) groups is 1. The predicted octanol–water partition coefficient (Wildman–Crippen LogP) is 4.73. The molecule has 148 valence electrons. The van der Waals surface area contributed by atoms with E-state index in [1.54, 1.807) is 0 Å². The Morgan fingerprint density at radius 3 is 2.71 bits per heavy atom. The number of aromatic nitrogens is 2. The second-order valence-corrected chi connectivity index (χ2v) is 6.16. The Bertz CT molecular complexity index is 967. The van der Waals surface area contributed by atoms with Crippen LogP contribution in [-0.2, 0) is 17.5 Å². The Balaban J connectivity index is 1.86. The van der Waals surface area contributed by atoms with Crippen LogP contribution in [0.1, 0.15) is 29.3 Å². The smallest absolute Gasteiger partial charge is 0.382 e. The number of fused-ring (bicyclic) bond motifs is 1. The number of halogens is 3. The third-order valence-corrected chi connectivity index (χ3v) is 4.21. The van der Waals surface area contributed by atoms with Gasteiger partial charge in [-0.25, -0.2) is 4.98 Å². The highest BCUT2D eigenvalue weighted by atomic mass is 19.4. The van der Waals surface area contributed by atoms with Gasteiger partial charge in [0.25, 0.3) is 5.91 Å². The van der Waals surface area contributed by atoms with Crippen LogP contribution in [0.25, 0.3) is 11.0 Å². The van der Waals surface area contributed by atoms with Crippen molar-refractivity contribution < 1.29 is 22.7 Å². The third kappa shape index (κ3) is 4.51. The highest BCUT2D eigenvalue weighted by molar-refractivity contribution is 6.04. The molecule has 1 N–H and O–H groups in total. The maximum absolute atomic E-state index is 12.9. The van der Waals surface area contributed by atoms with Gasteiger partial charge in [0.15, 0.2) is 0 Å². The van der Waals surface area contributed by atoms with Crippen molar-refractivity contribution >= 4 is 22.9 Å². The zero-order valence-corrected chi connectivity index (χ0v) is 15.3. The van der Waals surface area contributed by atoms with E-state index in [9.17, 15) is 18.0 Å². The molecule has 5 nitrogen and oxygen atoms in total. The molecule has 2 aromatic carbocycles. The maximum Gasteiger partial charge on any atom is 0.416 e. The fraction of sp³-hybridized carbons (Fsp3) is 0.300. The number of hydrogen-bond acceptors (Lipinski definition) is 3. The lowest BCUT2D eigenvalue weighted by Crippen LogP contribution is -2.17. The third-order valence-electron chi connectivity index (χ3n) is 4.21. The number of alkyl halides is 3. The molecule has 3 aromatic rings. The second-order valence-electron chi connectivity index (χ2n) is 6.16. The van der Waals surface area contributed by atoms with Gasteiger partial charge in [-0.2, -0.15) is 13.2 Å². The zero-order chi connectivity index (χ0) is 20.1. The summed E-state index contributed by atoms with van der Waals surface area (Å²) in [6.07, 6.45) is -3.80. The van der Waals surface area contributed by atoms with E-state index in [4.69, 9.17) is 4.74 Å². The van der Waals surface area contributed by atoms with Crippen LogP contribution in [0.4, 0.5) is 19.1 Å². The summed E-state index contributed by atoms with van der Waals surface area (Å²) in [6.45, 7) is 3.64. The molecule has 1 heterocycles. The Morgan fingerprint density at radius 2 is 1.96 bits per heavy atom. The Kier molecular flexibility index (Phi) is 5.99. The summed E-state index contributed by atoms with van der Waals surface area (Å²) in [5, 5.41) is 2.64. The number of nitrogens with zero attached hydrogens (tertiary/aromatic N) is 2. The molecular formula is C20H20F3N3O2. The summed E-state index contributed by atoms with van der Waals surface area (Å²) in [7, 11) is 0. The number of carbonyl (C=O) groups excluding carboxylic acids is 1. The minimum atomic E-state index is -4.51. The van der Waals surface area contributed by atoms with Crippen LogP contribution in [-0.4, -0.2) is 28.7 Å².